The zero-order valence-electron chi connectivity index (χ0n) is 12.4. The van der Waals surface area contributed by atoms with E-state index in [-0.39, 0.29) is 5.91 Å². The highest BCUT2D eigenvalue weighted by molar-refractivity contribution is 5.93. The zero-order chi connectivity index (χ0) is 14.3. The molecule has 1 rings (SSSR count). The van der Waals surface area contributed by atoms with Crippen LogP contribution in [0.15, 0.2) is 18.3 Å². The van der Waals surface area contributed by atoms with E-state index in [0.29, 0.717) is 24.2 Å². The highest BCUT2D eigenvalue weighted by atomic mass is 16.1. The van der Waals surface area contributed by atoms with Crippen LogP contribution in [0.1, 0.15) is 51.0 Å². The number of hydrogen-bond donors (Lipinski definition) is 2. The van der Waals surface area contributed by atoms with E-state index in [4.69, 9.17) is 0 Å². The maximum atomic E-state index is 11.7. The van der Waals surface area contributed by atoms with E-state index in [0.717, 1.165) is 18.5 Å². The van der Waals surface area contributed by atoms with Crippen molar-refractivity contribution in [2.75, 3.05) is 11.9 Å². The highest BCUT2D eigenvalue weighted by Crippen LogP contribution is 2.18. The number of aromatic nitrogens is 1. The van der Waals surface area contributed by atoms with Gasteiger partial charge in [-0.2, -0.15) is 0 Å². The van der Waals surface area contributed by atoms with E-state index in [2.05, 4.69) is 36.4 Å². The molecule has 0 aliphatic heterocycles. The Balaban J connectivity index is 2.74. The lowest BCUT2D eigenvalue weighted by Gasteiger charge is -2.23. The van der Waals surface area contributed by atoms with Crippen molar-refractivity contribution in [3.05, 3.63) is 24.0 Å². The fourth-order valence-corrected chi connectivity index (χ4v) is 2.27. The molecule has 0 aromatic carbocycles. The number of nitrogens with zero attached hydrogens (tertiary/aromatic N) is 1. The Kier molecular flexibility index (Phi) is 6.33. The van der Waals surface area contributed by atoms with Gasteiger partial charge < -0.3 is 10.6 Å². The van der Waals surface area contributed by atoms with Crippen molar-refractivity contribution < 1.29 is 4.79 Å². The molecule has 4 nitrogen and oxygen atoms in total. The second-order valence-corrected chi connectivity index (χ2v) is 4.80. The molecule has 0 aliphatic rings. The van der Waals surface area contributed by atoms with Gasteiger partial charge in [0.05, 0.1) is 0 Å². The molecule has 1 atom stereocenters. The molecule has 106 valence electrons. The molecule has 2 N–H and O–H groups in total. The number of anilines is 1. The van der Waals surface area contributed by atoms with Crippen LogP contribution in [0.25, 0.3) is 0 Å². The van der Waals surface area contributed by atoms with Crippen LogP contribution in [-0.4, -0.2) is 23.5 Å². The number of pyridine rings is 1. The minimum Gasteiger partial charge on any atom is -0.382 e. The van der Waals surface area contributed by atoms with Gasteiger partial charge in [0, 0.05) is 24.5 Å². The smallest absolute Gasteiger partial charge is 0.269 e. The van der Waals surface area contributed by atoms with Crippen LogP contribution >= 0.6 is 0 Å². The van der Waals surface area contributed by atoms with Crippen LogP contribution in [0, 0.1) is 5.92 Å². The molecule has 19 heavy (non-hydrogen) atoms. The summed E-state index contributed by atoms with van der Waals surface area (Å²) in [6.45, 7) is 9.11. The first-order chi connectivity index (χ1) is 9.12. The largest absolute Gasteiger partial charge is 0.382 e. The number of carbonyl (C=O) groups excluding carboxylic acids is 1. The quantitative estimate of drug-likeness (QED) is 0.795. The molecule has 0 radical (unpaired) electrons. The van der Waals surface area contributed by atoms with Gasteiger partial charge in [-0.25, -0.2) is 0 Å². The van der Waals surface area contributed by atoms with Crippen LogP contribution in [0.2, 0.25) is 0 Å². The van der Waals surface area contributed by atoms with Crippen LogP contribution in [0.4, 0.5) is 5.69 Å². The van der Waals surface area contributed by atoms with Crippen molar-refractivity contribution in [1.29, 1.82) is 0 Å². The third-order valence-electron chi connectivity index (χ3n) is 3.48. The lowest BCUT2D eigenvalue weighted by Crippen LogP contribution is -2.26. The summed E-state index contributed by atoms with van der Waals surface area (Å²) >= 11 is 0. The Labute approximate surface area is 116 Å². The predicted molar refractivity (Wildman–Crippen MR) is 79.4 cm³/mol. The first-order valence-electron chi connectivity index (χ1n) is 7.13. The molecule has 0 spiro atoms. The molecular formula is C15H25N3O. The molecule has 0 bridgehead atoms. The van der Waals surface area contributed by atoms with Crippen LogP contribution in [0.5, 0.6) is 0 Å². The molecule has 0 fully saturated rings. The summed E-state index contributed by atoms with van der Waals surface area (Å²) < 4.78 is 0. The van der Waals surface area contributed by atoms with E-state index < -0.39 is 0 Å². The van der Waals surface area contributed by atoms with E-state index in [9.17, 15) is 4.79 Å². The molecule has 4 heteroatoms. The van der Waals surface area contributed by atoms with Gasteiger partial charge in [0.15, 0.2) is 0 Å². The fraction of sp³-hybridized carbons (Fsp3) is 0.600. The second-order valence-electron chi connectivity index (χ2n) is 4.80. The van der Waals surface area contributed by atoms with Crippen LogP contribution in [0.3, 0.4) is 0 Å². The molecule has 1 heterocycles. The maximum absolute atomic E-state index is 11.7. The molecule has 1 aromatic heterocycles. The summed E-state index contributed by atoms with van der Waals surface area (Å²) in [5, 5.41) is 6.22. The average Bonchev–Trinajstić information content (AvgIpc) is 2.40. The van der Waals surface area contributed by atoms with Crippen molar-refractivity contribution >= 4 is 11.6 Å². The third-order valence-corrected chi connectivity index (χ3v) is 3.48. The number of nitrogens with one attached hydrogen (secondary N) is 2. The van der Waals surface area contributed by atoms with Crippen molar-refractivity contribution in [3.8, 4) is 0 Å². The number of rotatable bonds is 7. The summed E-state index contributed by atoms with van der Waals surface area (Å²) in [6, 6.07) is 4.10. The first kappa shape index (κ1) is 15.5. The summed E-state index contributed by atoms with van der Waals surface area (Å²) in [4.78, 5) is 15.8. The van der Waals surface area contributed by atoms with Gasteiger partial charge in [-0.3, -0.25) is 9.78 Å². The number of carbonyl (C=O) groups is 1. The molecule has 0 aliphatic carbocycles. The number of hydrogen-bond acceptors (Lipinski definition) is 3. The molecule has 1 aromatic rings. The van der Waals surface area contributed by atoms with Gasteiger partial charge in [0.25, 0.3) is 5.91 Å². The average molecular weight is 263 g/mol. The normalized spacial score (nSPS) is 12.3. The van der Waals surface area contributed by atoms with Gasteiger partial charge in [-0.15, -0.1) is 0 Å². The fourth-order valence-electron chi connectivity index (χ4n) is 2.27. The van der Waals surface area contributed by atoms with Crippen molar-refractivity contribution in [2.45, 2.75) is 46.6 Å². The molecular weight excluding hydrogens is 238 g/mol. The van der Waals surface area contributed by atoms with Crippen molar-refractivity contribution in [1.82, 2.24) is 10.3 Å². The van der Waals surface area contributed by atoms with Gasteiger partial charge in [-0.1, -0.05) is 26.7 Å². The Bertz CT molecular complexity index is 402. The van der Waals surface area contributed by atoms with Crippen LogP contribution < -0.4 is 10.6 Å². The van der Waals surface area contributed by atoms with Crippen molar-refractivity contribution in [2.24, 2.45) is 5.92 Å². The van der Waals surface area contributed by atoms with Gasteiger partial charge in [0.2, 0.25) is 0 Å². The standard InChI is InChI=1S/C15H25N3O/c1-5-12(6-2)11(4)18-13-8-9-17-14(10-13)15(19)16-7-3/h8-12H,5-7H2,1-4H3,(H,16,19)(H,17,18). The monoisotopic (exact) mass is 263 g/mol. The minimum atomic E-state index is -0.124. The maximum Gasteiger partial charge on any atom is 0.269 e. The Morgan fingerprint density at radius 3 is 2.58 bits per heavy atom. The Hall–Kier alpha value is -1.58. The molecule has 0 saturated carbocycles. The summed E-state index contributed by atoms with van der Waals surface area (Å²) in [7, 11) is 0. The Morgan fingerprint density at radius 1 is 1.32 bits per heavy atom. The molecule has 1 unspecified atom stereocenters. The third kappa shape index (κ3) is 4.54. The second kappa shape index (κ2) is 7.77. The van der Waals surface area contributed by atoms with Gasteiger partial charge in [-0.05, 0) is 31.9 Å². The molecule has 1 amide bonds. The van der Waals surface area contributed by atoms with E-state index in [1.807, 2.05) is 19.1 Å². The summed E-state index contributed by atoms with van der Waals surface area (Å²) in [6.07, 6.45) is 3.98. The zero-order valence-corrected chi connectivity index (χ0v) is 12.4. The summed E-state index contributed by atoms with van der Waals surface area (Å²) in [5.41, 5.74) is 1.42. The van der Waals surface area contributed by atoms with Crippen LogP contribution in [-0.2, 0) is 0 Å². The molecule has 0 saturated heterocycles. The Morgan fingerprint density at radius 2 is 2.00 bits per heavy atom. The van der Waals surface area contributed by atoms with Gasteiger partial charge in [0.1, 0.15) is 5.69 Å². The lowest BCUT2D eigenvalue weighted by atomic mass is 9.95. The van der Waals surface area contributed by atoms with Crippen molar-refractivity contribution in [3.63, 3.8) is 0 Å². The number of amides is 1. The lowest BCUT2D eigenvalue weighted by molar-refractivity contribution is 0.0951. The SMILES string of the molecule is CCNC(=O)c1cc(NC(C)C(CC)CC)ccn1. The van der Waals surface area contributed by atoms with E-state index >= 15 is 0 Å². The minimum absolute atomic E-state index is 0.124. The van der Waals surface area contributed by atoms with E-state index in [1.54, 1.807) is 6.20 Å². The highest BCUT2D eigenvalue weighted by Gasteiger charge is 2.14. The summed E-state index contributed by atoms with van der Waals surface area (Å²) in [5.74, 6) is 0.516. The van der Waals surface area contributed by atoms with Gasteiger partial charge >= 0.3 is 0 Å². The van der Waals surface area contributed by atoms with E-state index in [1.165, 1.54) is 0 Å². The first-order valence-corrected chi connectivity index (χ1v) is 7.13. The predicted octanol–water partition coefficient (Wildman–Crippen LogP) is 3.07. The topological polar surface area (TPSA) is 54.0 Å².